The van der Waals surface area contributed by atoms with Gasteiger partial charge < -0.3 is 10.6 Å². The van der Waals surface area contributed by atoms with Crippen LogP contribution in [0.4, 0.5) is 0 Å². The van der Waals surface area contributed by atoms with Crippen molar-refractivity contribution >= 4 is 0 Å². The van der Waals surface area contributed by atoms with Crippen LogP contribution in [0.3, 0.4) is 0 Å². The minimum absolute atomic E-state index is 0.531. The third-order valence-corrected chi connectivity index (χ3v) is 5.62. The molecule has 2 aromatic carbocycles. The van der Waals surface area contributed by atoms with Gasteiger partial charge in [0.1, 0.15) is 0 Å². The van der Waals surface area contributed by atoms with Crippen molar-refractivity contribution in [1.29, 1.82) is 0 Å². The molecular weight excluding hydrogens is 268 g/mol. The third-order valence-electron chi connectivity index (χ3n) is 5.62. The second-order valence-corrected chi connectivity index (χ2v) is 6.66. The molecule has 0 saturated carbocycles. The van der Waals surface area contributed by atoms with Crippen LogP contribution in [0.2, 0.25) is 0 Å². The minimum atomic E-state index is 0.531. The summed E-state index contributed by atoms with van der Waals surface area (Å²) in [4.78, 5) is 0. The van der Waals surface area contributed by atoms with Gasteiger partial charge >= 0.3 is 0 Å². The Morgan fingerprint density at radius 2 is 0.955 bits per heavy atom. The van der Waals surface area contributed by atoms with Crippen molar-refractivity contribution in [3.63, 3.8) is 0 Å². The molecule has 0 amide bonds. The van der Waals surface area contributed by atoms with Crippen molar-refractivity contribution in [3.05, 3.63) is 70.8 Å². The number of rotatable bonds is 4. The molecule has 2 aromatic rings. The predicted octanol–water partition coefficient (Wildman–Crippen LogP) is 2.95. The highest BCUT2D eigenvalue weighted by Gasteiger charge is 2.48. The van der Waals surface area contributed by atoms with Crippen molar-refractivity contribution < 1.29 is 0 Å². The second-order valence-electron chi connectivity index (χ2n) is 6.66. The zero-order chi connectivity index (χ0) is 15.1. The molecule has 0 aliphatic heterocycles. The second kappa shape index (κ2) is 5.53. The standard InChI is InChI=1S/C20H24N2/c1-21-11-17-18(12-22-2)20-15-9-5-3-7-13(15)19(17)14-8-4-6-10-16(14)20/h3-10,17-22H,11-12H2,1-2H3/t17-,18-,19?,20?/m1/s1. The molecule has 0 heterocycles. The van der Waals surface area contributed by atoms with E-state index in [0.717, 1.165) is 13.1 Å². The molecule has 114 valence electrons. The SMILES string of the molecule is CNC[C@H]1C2c3ccccc3C(c3ccccc32)[C@@H]1CNC. The lowest BCUT2D eigenvalue weighted by atomic mass is 9.54. The van der Waals surface area contributed by atoms with Gasteiger partial charge in [-0.15, -0.1) is 0 Å². The molecule has 2 nitrogen and oxygen atoms in total. The number of hydrogen-bond acceptors (Lipinski definition) is 2. The summed E-state index contributed by atoms with van der Waals surface area (Å²) in [5.74, 6) is 2.38. The van der Waals surface area contributed by atoms with Crippen molar-refractivity contribution in [1.82, 2.24) is 10.6 Å². The maximum absolute atomic E-state index is 3.44. The van der Waals surface area contributed by atoms with Gasteiger partial charge in [0.05, 0.1) is 0 Å². The Kier molecular flexibility index (Phi) is 3.51. The molecule has 22 heavy (non-hydrogen) atoms. The summed E-state index contributed by atoms with van der Waals surface area (Å²) in [6.45, 7) is 2.16. The van der Waals surface area contributed by atoms with Crippen LogP contribution in [0.5, 0.6) is 0 Å². The van der Waals surface area contributed by atoms with E-state index >= 15 is 0 Å². The lowest BCUT2D eigenvalue weighted by molar-refractivity contribution is 0.223. The zero-order valence-corrected chi connectivity index (χ0v) is 13.3. The van der Waals surface area contributed by atoms with Crippen LogP contribution in [0.25, 0.3) is 0 Å². The van der Waals surface area contributed by atoms with E-state index in [2.05, 4.69) is 73.3 Å². The lowest BCUT2D eigenvalue weighted by Gasteiger charge is -2.51. The number of benzene rings is 2. The molecule has 0 unspecified atom stereocenters. The summed E-state index contributed by atoms with van der Waals surface area (Å²) in [6.07, 6.45) is 0. The van der Waals surface area contributed by atoms with Crippen molar-refractivity contribution in [2.45, 2.75) is 11.8 Å². The Hall–Kier alpha value is -1.64. The predicted molar refractivity (Wildman–Crippen MR) is 91.4 cm³/mol. The van der Waals surface area contributed by atoms with E-state index < -0.39 is 0 Å². The molecule has 3 aliphatic carbocycles. The molecule has 0 fully saturated rings. The van der Waals surface area contributed by atoms with E-state index in [1.165, 1.54) is 0 Å². The maximum Gasteiger partial charge on any atom is 0.0139 e. The first-order chi connectivity index (χ1) is 10.9. The highest BCUT2D eigenvalue weighted by molar-refractivity contribution is 5.56. The van der Waals surface area contributed by atoms with Gasteiger partial charge in [0.2, 0.25) is 0 Å². The van der Waals surface area contributed by atoms with Crippen LogP contribution in [0.15, 0.2) is 48.5 Å². The fourth-order valence-corrected chi connectivity index (χ4v) is 4.92. The lowest BCUT2D eigenvalue weighted by Crippen LogP contribution is -2.47. The molecule has 5 rings (SSSR count). The summed E-state index contributed by atoms with van der Waals surface area (Å²) in [5.41, 5.74) is 6.22. The van der Waals surface area contributed by atoms with Gasteiger partial charge in [0.15, 0.2) is 0 Å². The quantitative estimate of drug-likeness (QED) is 0.905. The fraction of sp³-hybridized carbons (Fsp3) is 0.400. The van der Waals surface area contributed by atoms with Crippen LogP contribution in [-0.2, 0) is 0 Å². The summed E-state index contributed by atoms with van der Waals surface area (Å²) < 4.78 is 0. The molecular formula is C20H24N2. The first kappa shape index (κ1) is 14.0. The van der Waals surface area contributed by atoms with Gasteiger partial charge in [-0.1, -0.05) is 48.5 Å². The molecule has 3 aliphatic rings. The Morgan fingerprint density at radius 3 is 1.23 bits per heavy atom. The molecule has 0 radical (unpaired) electrons. The third kappa shape index (κ3) is 1.87. The Bertz CT molecular complexity index is 573. The summed E-state index contributed by atoms with van der Waals surface area (Å²) in [7, 11) is 4.16. The number of hydrogen-bond donors (Lipinski definition) is 2. The van der Waals surface area contributed by atoms with Gasteiger partial charge in [-0.05, 0) is 61.3 Å². The average molecular weight is 292 g/mol. The van der Waals surface area contributed by atoms with Gasteiger partial charge in [-0.3, -0.25) is 0 Å². The highest BCUT2D eigenvalue weighted by Crippen LogP contribution is 2.57. The monoisotopic (exact) mass is 292 g/mol. The van der Waals surface area contributed by atoms with Crippen molar-refractivity contribution in [3.8, 4) is 0 Å². The summed E-state index contributed by atoms with van der Waals surface area (Å²) in [6, 6.07) is 18.2. The fourth-order valence-electron chi connectivity index (χ4n) is 4.92. The van der Waals surface area contributed by atoms with Gasteiger partial charge in [-0.25, -0.2) is 0 Å². The van der Waals surface area contributed by atoms with E-state index in [-0.39, 0.29) is 0 Å². The first-order valence-electron chi connectivity index (χ1n) is 8.33. The number of fused-ring (bicyclic) bond motifs is 1. The van der Waals surface area contributed by atoms with E-state index in [9.17, 15) is 0 Å². The zero-order valence-electron chi connectivity index (χ0n) is 13.3. The van der Waals surface area contributed by atoms with E-state index in [0.29, 0.717) is 23.7 Å². The van der Waals surface area contributed by atoms with Gasteiger partial charge in [0, 0.05) is 11.8 Å². The van der Waals surface area contributed by atoms with Gasteiger partial charge in [-0.2, -0.15) is 0 Å². The average Bonchev–Trinajstić information content (AvgIpc) is 2.57. The number of nitrogens with one attached hydrogen (secondary N) is 2. The van der Waals surface area contributed by atoms with Crippen LogP contribution >= 0.6 is 0 Å². The molecule has 2 atom stereocenters. The van der Waals surface area contributed by atoms with Gasteiger partial charge in [0.25, 0.3) is 0 Å². The molecule has 2 bridgehead atoms. The van der Waals surface area contributed by atoms with Crippen LogP contribution in [0.1, 0.15) is 34.1 Å². The van der Waals surface area contributed by atoms with Crippen molar-refractivity contribution in [2.24, 2.45) is 11.8 Å². The first-order valence-corrected chi connectivity index (χ1v) is 8.33. The molecule has 0 aromatic heterocycles. The molecule has 0 spiro atoms. The smallest absolute Gasteiger partial charge is 0.0139 e. The van der Waals surface area contributed by atoms with E-state index in [1.54, 1.807) is 22.3 Å². The van der Waals surface area contributed by atoms with Crippen molar-refractivity contribution in [2.75, 3.05) is 27.2 Å². The molecule has 0 saturated heterocycles. The normalized spacial score (nSPS) is 28.3. The molecule has 2 N–H and O–H groups in total. The topological polar surface area (TPSA) is 24.1 Å². The Balaban J connectivity index is 1.93. The maximum atomic E-state index is 3.44. The van der Waals surface area contributed by atoms with Crippen LogP contribution < -0.4 is 10.6 Å². The largest absolute Gasteiger partial charge is 0.319 e. The van der Waals surface area contributed by atoms with Crippen LogP contribution in [0, 0.1) is 11.8 Å². The summed E-state index contributed by atoms with van der Waals surface area (Å²) in [5, 5.41) is 6.89. The Morgan fingerprint density at radius 1 is 0.636 bits per heavy atom. The van der Waals surface area contributed by atoms with E-state index in [4.69, 9.17) is 0 Å². The highest BCUT2D eigenvalue weighted by atomic mass is 14.9. The minimum Gasteiger partial charge on any atom is -0.319 e. The van der Waals surface area contributed by atoms with E-state index in [1.807, 2.05) is 0 Å². The molecule has 2 heteroatoms. The Labute approximate surface area is 132 Å². The van der Waals surface area contributed by atoms with Crippen LogP contribution in [-0.4, -0.2) is 27.2 Å². The summed E-state index contributed by atoms with van der Waals surface area (Å²) >= 11 is 0.